The highest BCUT2D eigenvalue weighted by Gasteiger charge is 2.38. The summed E-state index contributed by atoms with van der Waals surface area (Å²) in [6, 6.07) is 8.50. The molecule has 0 radical (unpaired) electrons. The van der Waals surface area contributed by atoms with Crippen LogP contribution in [0.5, 0.6) is 0 Å². The van der Waals surface area contributed by atoms with Crippen LogP contribution in [0.4, 0.5) is 0 Å². The molecule has 0 bridgehead atoms. The molecule has 1 N–H and O–H groups in total. The molecule has 3 heteroatoms. The average molecular weight is 275 g/mol. The number of esters is 1. The van der Waals surface area contributed by atoms with E-state index >= 15 is 0 Å². The minimum absolute atomic E-state index is 0.104. The zero-order valence-electron chi connectivity index (χ0n) is 12.6. The highest BCUT2D eigenvalue weighted by molar-refractivity contribution is 5.71. The fraction of sp³-hybridized carbons (Fsp3) is 0.588. The van der Waals surface area contributed by atoms with Crippen molar-refractivity contribution in [3.63, 3.8) is 0 Å². The third-order valence-corrected chi connectivity index (χ3v) is 4.05. The van der Waals surface area contributed by atoms with Gasteiger partial charge in [-0.1, -0.05) is 31.2 Å². The van der Waals surface area contributed by atoms with Crippen LogP contribution in [0.2, 0.25) is 0 Å². The molecule has 0 fully saturated rings. The van der Waals surface area contributed by atoms with E-state index in [1.54, 1.807) is 0 Å². The molecule has 1 atom stereocenters. The van der Waals surface area contributed by atoms with E-state index < -0.39 is 0 Å². The molecule has 0 saturated heterocycles. The summed E-state index contributed by atoms with van der Waals surface area (Å²) in [6.45, 7) is 5.39. The van der Waals surface area contributed by atoms with Crippen LogP contribution < -0.4 is 5.32 Å². The Balaban J connectivity index is 2.30. The number of rotatable bonds is 6. The Kier molecular flexibility index (Phi) is 5.18. The normalized spacial score (nSPS) is 21.3. The van der Waals surface area contributed by atoms with Gasteiger partial charge in [0.2, 0.25) is 0 Å². The first kappa shape index (κ1) is 15.0. The molecule has 2 rings (SSSR count). The van der Waals surface area contributed by atoms with Gasteiger partial charge in [0.15, 0.2) is 0 Å². The zero-order valence-corrected chi connectivity index (χ0v) is 12.6. The van der Waals surface area contributed by atoms with Crippen LogP contribution in [0.3, 0.4) is 0 Å². The molecule has 0 spiro atoms. The van der Waals surface area contributed by atoms with Gasteiger partial charge in [-0.05, 0) is 50.3 Å². The van der Waals surface area contributed by atoms with E-state index in [1.165, 1.54) is 11.1 Å². The molecule has 0 heterocycles. The lowest BCUT2D eigenvalue weighted by molar-refractivity contribution is -0.145. The maximum absolute atomic E-state index is 12.0. The Hall–Kier alpha value is -1.35. The molecule has 0 aromatic heterocycles. The highest BCUT2D eigenvalue weighted by Crippen LogP contribution is 2.38. The molecule has 0 saturated carbocycles. The van der Waals surface area contributed by atoms with Crippen LogP contribution in [0, 0.1) is 0 Å². The lowest BCUT2D eigenvalue weighted by Crippen LogP contribution is -2.47. The molecule has 1 unspecified atom stereocenters. The number of aryl methyl sites for hydroxylation is 1. The van der Waals surface area contributed by atoms with Gasteiger partial charge in [0.05, 0.1) is 18.6 Å². The van der Waals surface area contributed by atoms with Gasteiger partial charge in [0, 0.05) is 0 Å². The van der Waals surface area contributed by atoms with E-state index in [0.29, 0.717) is 13.0 Å². The Labute approximate surface area is 121 Å². The van der Waals surface area contributed by atoms with Crippen molar-refractivity contribution in [2.75, 3.05) is 13.2 Å². The average Bonchev–Trinajstić information content (AvgIpc) is 2.46. The first-order chi connectivity index (χ1) is 9.72. The first-order valence-electron chi connectivity index (χ1n) is 7.71. The molecule has 110 valence electrons. The monoisotopic (exact) mass is 275 g/mol. The second-order valence-electron chi connectivity index (χ2n) is 5.50. The fourth-order valence-corrected chi connectivity index (χ4v) is 3.17. The molecule has 1 aliphatic rings. The van der Waals surface area contributed by atoms with E-state index in [9.17, 15) is 4.79 Å². The van der Waals surface area contributed by atoms with Gasteiger partial charge in [0.1, 0.15) is 0 Å². The number of carbonyl (C=O) groups excluding carboxylic acids is 1. The lowest BCUT2D eigenvalue weighted by atomic mass is 9.74. The molecular weight excluding hydrogens is 250 g/mol. The third-order valence-electron chi connectivity index (χ3n) is 4.05. The quantitative estimate of drug-likeness (QED) is 0.810. The maximum atomic E-state index is 12.0. The molecule has 1 aliphatic carbocycles. The van der Waals surface area contributed by atoms with Crippen LogP contribution in [-0.2, 0) is 21.5 Å². The maximum Gasteiger partial charge on any atom is 0.308 e. The van der Waals surface area contributed by atoms with Crippen molar-refractivity contribution in [1.29, 1.82) is 0 Å². The van der Waals surface area contributed by atoms with Crippen molar-refractivity contribution < 1.29 is 9.53 Å². The molecule has 0 aliphatic heterocycles. The molecule has 0 amide bonds. The number of fused-ring (bicyclic) bond motifs is 1. The predicted octanol–water partition coefficient (Wildman–Crippen LogP) is 3.17. The van der Waals surface area contributed by atoms with Crippen molar-refractivity contribution >= 4 is 5.97 Å². The van der Waals surface area contributed by atoms with Crippen LogP contribution in [0.15, 0.2) is 24.3 Å². The van der Waals surface area contributed by atoms with Gasteiger partial charge >= 0.3 is 5.97 Å². The molecular formula is C17H25NO2. The van der Waals surface area contributed by atoms with Crippen LogP contribution in [0.1, 0.15) is 50.7 Å². The predicted molar refractivity (Wildman–Crippen MR) is 80.6 cm³/mol. The van der Waals surface area contributed by atoms with E-state index in [1.807, 2.05) is 6.92 Å². The van der Waals surface area contributed by atoms with Crippen LogP contribution >= 0.6 is 0 Å². The minimum Gasteiger partial charge on any atom is -0.466 e. The summed E-state index contributed by atoms with van der Waals surface area (Å²) in [4.78, 5) is 12.0. The highest BCUT2D eigenvalue weighted by atomic mass is 16.5. The van der Waals surface area contributed by atoms with Gasteiger partial charge in [0.25, 0.3) is 0 Å². The molecule has 20 heavy (non-hydrogen) atoms. The topological polar surface area (TPSA) is 38.3 Å². The van der Waals surface area contributed by atoms with E-state index in [0.717, 1.165) is 32.2 Å². The Morgan fingerprint density at radius 3 is 2.90 bits per heavy atom. The standard InChI is InChI=1S/C17H25NO2/c1-3-12-18-17(13-16(19)20-4-2)11-7-9-14-8-5-6-10-15(14)17/h5-6,8,10,18H,3-4,7,9,11-13H2,1-2H3. The largest absolute Gasteiger partial charge is 0.466 e. The van der Waals surface area contributed by atoms with Gasteiger partial charge in [-0.3, -0.25) is 4.79 Å². The number of carbonyl (C=O) groups is 1. The summed E-state index contributed by atoms with van der Waals surface area (Å²) in [7, 11) is 0. The van der Waals surface area contributed by atoms with Crippen molar-refractivity contribution in [1.82, 2.24) is 5.32 Å². The van der Waals surface area contributed by atoms with E-state index in [2.05, 4.69) is 36.5 Å². The summed E-state index contributed by atoms with van der Waals surface area (Å²) in [5, 5.41) is 3.63. The van der Waals surface area contributed by atoms with Gasteiger partial charge in [-0.15, -0.1) is 0 Å². The van der Waals surface area contributed by atoms with Gasteiger partial charge in [-0.25, -0.2) is 0 Å². The van der Waals surface area contributed by atoms with Gasteiger partial charge in [-0.2, -0.15) is 0 Å². The fourth-order valence-electron chi connectivity index (χ4n) is 3.17. The zero-order chi connectivity index (χ0) is 14.4. The lowest BCUT2D eigenvalue weighted by Gasteiger charge is -2.39. The summed E-state index contributed by atoms with van der Waals surface area (Å²) < 4.78 is 5.19. The van der Waals surface area contributed by atoms with Gasteiger partial charge < -0.3 is 10.1 Å². The Morgan fingerprint density at radius 2 is 2.15 bits per heavy atom. The number of nitrogens with one attached hydrogen (secondary N) is 1. The van der Waals surface area contributed by atoms with Crippen LogP contribution in [0.25, 0.3) is 0 Å². The van der Waals surface area contributed by atoms with E-state index in [-0.39, 0.29) is 11.5 Å². The van der Waals surface area contributed by atoms with Crippen molar-refractivity contribution in [3.8, 4) is 0 Å². The summed E-state index contributed by atoms with van der Waals surface area (Å²) in [5.41, 5.74) is 2.41. The minimum atomic E-state index is -0.239. The smallest absolute Gasteiger partial charge is 0.308 e. The Morgan fingerprint density at radius 1 is 1.35 bits per heavy atom. The molecule has 3 nitrogen and oxygen atoms in total. The molecule has 1 aromatic carbocycles. The summed E-state index contributed by atoms with van der Waals surface area (Å²) >= 11 is 0. The summed E-state index contributed by atoms with van der Waals surface area (Å²) in [6.07, 6.45) is 4.72. The SMILES string of the molecule is CCCNC1(CC(=O)OCC)CCCc2ccccc21. The van der Waals surface area contributed by atoms with Crippen molar-refractivity contribution in [2.24, 2.45) is 0 Å². The van der Waals surface area contributed by atoms with Crippen molar-refractivity contribution in [2.45, 2.75) is 51.5 Å². The number of benzene rings is 1. The Bertz CT molecular complexity index is 458. The first-order valence-corrected chi connectivity index (χ1v) is 7.71. The summed E-state index contributed by atoms with van der Waals surface area (Å²) in [5.74, 6) is -0.104. The van der Waals surface area contributed by atoms with Crippen molar-refractivity contribution in [3.05, 3.63) is 35.4 Å². The van der Waals surface area contributed by atoms with E-state index in [4.69, 9.17) is 4.74 Å². The molecule has 1 aromatic rings. The van der Waals surface area contributed by atoms with Crippen LogP contribution in [-0.4, -0.2) is 19.1 Å². The third kappa shape index (κ3) is 3.21. The number of ether oxygens (including phenoxy) is 1. The number of hydrogen-bond donors (Lipinski definition) is 1. The second kappa shape index (κ2) is 6.89. The second-order valence-corrected chi connectivity index (χ2v) is 5.50. The number of hydrogen-bond acceptors (Lipinski definition) is 3.